The van der Waals surface area contributed by atoms with Crippen LogP contribution in [0, 0.1) is 0 Å². The van der Waals surface area contributed by atoms with Crippen molar-refractivity contribution in [2.75, 3.05) is 12.3 Å². The number of furan rings is 1. The van der Waals surface area contributed by atoms with E-state index in [9.17, 15) is 4.79 Å². The normalized spacial score (nSPS) is 18.6. The molecule has 3 rings (SSSR count). The Bertz CT molecular complexity index is 697. The van der Waals surface area contributed by atoms with Crippen molar-refractivity contribution in [2.45, 2.75) is 51.5 Å². The van der Waals surface area contributed by atoms with Crippen molar-refractivity contribution in [2.24, 2.45) is 0 Å². The van der Waals surface area contributed by atoms with Crippen molar-refractivity contribution in [3.63, 3.8) is 0 Å². The lowest BCUT2D eigenvalue weighted by atomic mass is 10.1. The third kappa shape index (κ3) is 3.42. The summed E-state index contributed by atoms with van der Waals surface area (Å²) in [6.07, 6.45) is 5.74. The molecular formula is C18H24N4O2. The molecule has 24 heavy (non-hydrogen) atoms. The third-order valence-electron chi connectivity index (χ3n) is 4.46. The summed E-state index contributed by atoms with van der Waals surface area (Å²) in [7, 11) is 0. The quantitative estimate of drug-likeness (QED) is 0.931. The number of aromatic nitrogens is 2. The van der Waals surface area contributed by atoms with Gasteiger partial charge in [0.15, 0.2) is 0 Å². The lowest BCUT2D eigenvalue weighted by Gasteiger charge is -2.28. The summed E-state index contributed by atoms with van der Waals surface area (Å²) in [6, 6.07) is 5.51. The van der Waals surface area contributed by atoms with Gasteiger partial charge in [-0.05, 0) is 37.0 Å². The van der Waals surface area contributed by atoms with Crippen LogP contribution in [0.4, 0.5) is 5.95 Å². The smallest absolute Gasteiger partial charge is 0.273 e. The zero-order valence-corrected chi connectivity index (χ0v) is 14.2. The molecule has 0 aliphatic carbocycles. The van der Waals surface area contributed by atoms with Crippen molar-refractivity contribution in [3.8, 4) is 0 Å². The second kappa shape index (κ2) is 7.03. The van der Waals surface area contributed by atoms with E-state index < -0.39 is 0 Å². The summed E-state index contributed by atoms with van der Waals surface area (Å²) in [4.78, 5) is 23.4. The molecule has 2 N–H and O–H groups in total. The second-order valence-electron chi connectivity index (χ2n) is 6.57. The van der Waals surface area contributed by atoms with Crippen molar-refractivity contribution < 1.29 is 9.21 Å². The number of anilines is 1. The van der Waals surface area contributed by atoms with Crippen LogP contribution in [0.15, 0.2) is 28.9 Å². The molecule has 1 unspecified atom stereocenters. The van der Waals surface area contributed by atoms with Crippen LogP contribution >= 0.6 is 0 Å². The first-order valence-corrected chi connectivity index (χ1v) is 8.55. The van der Waals surface area contributed by atoms with Gasteiger partial charge in [-0.25, -0.2) is 9.97 Å². The van der Waals surface area contributed by atoms with Gasteiger partial charge < -0.3 is 15.1 Å². The van der Waals surface area contributed by atoms with Gasteiger partial charge in [-0.3, -0.25) is 4.79 Å². The zero-order chi connectivity index (χ0) is 17.1. The molecule has 3 heterocycles. The van der Waals surface area contributed by atoms with Crippen LogP contribution in [-0.2, 0) is 0 Å². The summed E-state index contributed by atoms with van der Waals surface area (Å²) >= 11 is 0. The van der Waals surface area contributed by atoms with E-state index in [0.717, 1.165) is 37.1 Å². The number of hydrogen-bond donors (Lipinski definition) is 1. The lowest BCUT2D eigenvalue weighted by Crippen LogP contribution is -2.35. The number of amides is 1. The van der Waals surface area contributed by atoms with Gasteiger partial charge in [-0.15, -0.1) is 0 Å². The Labute approximate surface area is 142 Å². The van der Waals surface area contributed by atoms with Gasteiger partial charge in [-0.1, -0.05) is 26.7 Å². The third-order valence-corrected chi connectivity index (χ3v) is 4.46. The highest BCUT2D eigenvalue weighted by Crippen LogP contribution is 2.31. The Hall–Kier alpha value is -2.37. The highest BCUT2D eigenvalue weighted by atomic mass is 16.3. The SMILES string of the molecule is CC(C)c1cc(C(=O)N2CCCCCC2c2ccco2)nc(N)n1. The van der Waals surface area contributed by atoms with Crippen LogP contribution in [0.1, 0.15) is 73.4 Å². The highest BCUT2D eigenvalue weighted by molar-refractivity contribution is 5.93. The van der Waals surface area contributed by atoms with Crippen LogP contribution in [0.2, 0.25) is 0 Å². The summed E-state index contributed by atoms with van der Waals surface area (Å²) in [6.45, 7) is 4.74. The number of nitrogens with two attached hydrogens (primary N) is 1. The lowest BCUT2D eigenvalue weighted by molar-refractivity contribution is 0.0652. The van der Waals surface area contributed by atoms with Crippen LogP contribution in [0.3, 0.4) is 0 Å². The molecule has 0 spiro atoms. The molecule has 1 aliphatic heterocycles. The fraction of sp³-hybridized carbons (Fsp3) is 0.500. The van der Waals surface area contributed by atoms with E-state index in [2.05, 4.69) is 9.97 Å². The number of nitrogens with zero attached hydrogens (tertiary/aromatic N) is 3. The van der Waals surface area contributed by atoms with E-state index >= 15 is 0 Å². The molecule has 0 saturated carbocycles. The Morgan fingerprint density at radius 1 is 1.33 bits per heavy atom. The molecule has 6 heteroatoms. The molecule has 1 amide bonds. The number of likely N-dealkylation sites (tertiary alicyclic amines) is 1. The Morgan fingerprint density at radius 2 is 2.17 bits per heavy atom. The van der Waals surface area contributed by atoms with Crippen molar-refractivity contribution in [1.29, 1.82) is 0 Å². The Kier molecular flexibility index (Phi) is 4.83. The average molecular weight is 328 g/mol. The molecule has 2 aromatic rings. The monoisotopic (exact) mass is 328 g/mol. The van der Waals surface area contributed by atoms with E-state index in [0.29, 0.717) is 12.2 Å². The van der Waals surface area contributed by atoms with Gasteiger partial charge in [-0.2, -0.15) is 0 Å². The zero-order valence-electron chi connectivity index (χ0n) is 14.2. The fourth-order valence-corrected chi connectivity index (χ4v) is 3.17. The molecule has 1 saturated heterocycles. The fourth-order valence-electron chi connectivity index (χ4n) is 3.17. The van der Waals surface area contributed by atoms with E-state index in [1.165, 1.54) is 0 Å². The Balaban J connectivity index is 1.94. The first kappa shape index (κ1) is 16.5. The maximum Gasteiger partial charge on any atom is 0.273 e. The topological polar surface area (TPSA) is 85.2 Å². The van der Waals surface area contributed by atoms with Gasteiger partial charge in [0.25, 0.3) is 5.91 Å². The summed E-state index contributed by atoms with van der Waals surface area (Å²) < 4.78 is 5.58. The molecule has 1 atom stereocenters. The Morgan fingerprint density at radius 3 is 2.88 bits per heavy atom. The van der Waals surface area contributed by atoms with Crippen molar-refractivity contribution >= 4 is 11.9 Å². The molecule has 0 aromatic carbocycles. The van der Waals surface area contributed by atoms with Gasteiger partial charge in [0.2, 0.25) is 5.95 Å². The summed E-state index contributed by atoms with van der Waals surface area (Å²) in [5, 5.41) is 0. The standard InChI is InChI=1S/C18H24N4O2/c1-12(2)13-11-14(21-18(19)20-13)17(23)22-9-5-3-4-7-15(22)16-8-6-10-24-16/h6,8,10-12,15H,3-5,7,9H2,1-2H3,(H2,19,20,21). The van der Waals surface area contributed by atoms with Crippen molar-refractivity contribution in [1.82, 2.24) is 14.9 Å². The summed E-state index contributed by atoms with van der Waals surface area (Å²) in [5.74, 6) is 1.06. The maximum atomic E-state index is 13.1. The number of carbonyl (C=O) groups is 1. The molecule has 0 bridgehead atoms. The minimum Gasteiger partial charge on any atom is -0.467 e. The first-order chi connectivity index (χ1) is 11.6. The predicted octanol–water partition coefficient (Wildman–Crippen LogP) is 3.53. The molecule has 1 aliphatic rings. The van der Waals surface area contributed by atoms with Crippen LogP contribution in [0.25, 0.3) is 0 Å². The molecular weight excluding hydrogens is 304 g/mol. The minimum absolute atomic E-state index is 0.0475. The second-order valence-corrected chi connectivity index (χ2v) is 6.57. The molecule has 128 valence electrons. The maximum absolute atomic E-state index is 13.1. The van der Waals surface area contributed by atoms with E-state index in [1.807, 2.05) is 30.9 Å². The number of carbonyl (C=O) groups excluding carboxylic acids is 1. The minimum atomic E-state index is -0.102. The number of rotatable bonds is 3. The van der Waals surface area contributed by atoms with Crippen LogP contribution in [-0.4, -0.2) is 27.3 Å². The largest absolute Gasteiger partial charge is 0.467 e. The van der Waals surface area contributed by atoms with E-state index in [4.69, 9.17) is 10.2 Å². The van der Waals surface area contributed by atoms with Gasteiger partial charge in [0.1, 0.15) is 11.5 Å². The van der Waals surface area contributed by atoms with Gasteiger partial charge in [0, 0.05) is 12.2 Å². The van der Waals surface area contributed by atoms with Gasteiger partial charge >= 0.3 is 0 Å². The molecule has 6 nitrogen and oxygen atoms in total. The van der Waals surface area contributed by atoms with Crippen LogP contribution < -0.4 is 5.73 Å². The van der Waals surface area contributed by atoms with E-state index in [-0.39, 0.29) is 23.8 Å². The molecule has 0 radical (unpaired) electrons. The average Bonchev–Trinajstić information content (AvgIpc) is 2.98. The number of nitrogen functional groups attached to an aromatic ring is 1. The molecule has 2 aromatic heterocycles. The summed E-state index contributed by atoms with van der Waals surface area (Å²) in [5.41, 5.74) is 6.97. The number of hydrogen-bond acceptors (Lipinski definition) is 5. The molecule has 1 fully saturated rings. The highest BCUT2D eigenvalue weighted by Gasteiger charge is 2.30. The van der Waals surface area contributed by atoms with Crippen molar-refractivity contribution in [3.05, 3.63) is 41.6 Å². The van der Waals surface area contributed by atoms with Crippen LogP contribution in [0.5, 0.6) is 0 Å². The predicted molar refractivity (Wildman–Crippen MR) is 91.5 cm³/mol. The van der Waals surface area contributed by atoms with E-state index in [1.54, 1.807) is 12.3 Å². The van der Waals surface area contributed by atoms with Gasteiger partial charge in [0.05, 0.1) is 12.3 Å². The first-order valence-electron chi connectivity index (χ1n) is 8.55.